The van der Waals surface area contributed by atoms with E-state index in [-0.39, 0.29) is 30.9 Å². The molecule has 1 aromatic carbocycles. The number of fused-ring (bicyclic) bond motifs is 2. The van der Waals surface area contributed by atoms with Gasteiger partial charge in [0.05, 0.1) is 30.4 Å². The van der Waals surface area contributed by atoms with Crippen molar-refractivity contribution in [2.75, 3.05) is 11.4 Å². The van der Waals surface area contributed by atoms with Gasteiger partial charge in [-0.2, -0.15) is 0 Å². The molecule has 9 nitrogen and oxygen atoms in total. The smallest absolute Gasteiger partial charge is 0.310 e. The zero-order valence-electron chi connectivity index (χ0n) is 25.1. The first kappa shape index (κ1) is 31.3. The molecule has 0 spiro atoms. The second kappa shape index (κ2) is 12.5. The molecule has 228 valence electrons. The fraction of sp³-hybridized carbons (Fsp3) is 0.515. The van der Waals surface area contributed by atoms with E-state index in [4.69, 9.17) is 4.74 Å². The molecule has 0 bridgehead atoms. The molecule has 0 unspecified atom stereocenters. The lowest BCUT2D eigenvalue weighted by atomic mass is 9.47. The number of allylic oxidation sites excluding steroid dienone is 2. The van der Waals surface area contributed by atoms with E-state index in [0.29, 0.717) is 46.8 Å². The summed E-state index contributed by atoms with van der Waals surface area (Å²) < 4.78 is 7.83. The summed E-state index contributed by atoms with van der Waals surface area (Å²) in [6.45, 7) is 12.1. The number of hydrogen-bond donors (Lipinski definition) is 0. The van der Waals surface area contributed by atoms with Crippen LogP contribution in [0.4, 0.5) is 5.69 Å². The molecule has 2 aliphatic carbocycles. The summed E-state index contributed by atoms with van der Waals surface area (Å²) in [5.41, 5.74) is 3.56. The molecule has 0 saturated heterocycles. The van der Waals surface area contributed by atoms with Crippen LogP contribution >= 0.6 is 22.6 Å². The average Bonchev–Trinajstić information content (AvgIpc) is 3.51. The minimum Gasteiger partial charge on any atom is -0.459 e. The molecule has 1 aromatic heterocycles. The Kier molecular flexibility index (Phi) is 9.06. The van der Waals surface area contributed by atoms with E-state index in [9.17, 15) is 19.2 Å². The molecule has 3 atom stereocenters. The number of ketones is 1. The first-order valence-electron chi connectivity index (χ1n) is 14.9. The highest BCUT2D eigenvalue weighted by molar-refractivity contribution is 14.1. The van der Waals surface area contributed by atoms with Crippen LogP contribution in [0.25, 0.3) is 0 Å². The highest BCUT2D eigenvalue weighted by Crippen LogP contribution is 2.61. The highest BCUT2D eigenvalue weighted by Gasteiger charge is 2.52. The molecule has 2 saturated carbocycles. The number of halogens is 1. The minimum absolute atomic E-state index is 0.0817. The summed E-state index contributed by atoms with van der Waals surface area (Å²) in [5, 5.41) is 8.12. The van der Waals surface area contributed by atoms with Crippen molar-refractivity contribution in [1.29, 1.82) is 0 Å². The van der Waals surface area contributed by atoms with Crippen LogP contribution in [0.3, 0.4) is 0 Å². The van der Waals surface area contributed by atoms with Crippen molar-refractivity contribution < 1.29 is 23.9 Å². The summed E-state index contributed by atoms with van der Waals surface area (Å²) in [5.74, 6) is -0.671. The molecule has 5 rings (SSSR count). The monoisotopic (exact) mass is 698 g/mol. The van der Waals surface area contributed by atoms with Crippen molar-refractivity contribution in [1.82, 2.24) is 15.0 Å². The van der Waals surface area contributed by atoms with Gasteiger partial charge in [0.2, 0.25) is 0 Å². The Labute approximate surface area is 266 Å². The summed E-state index contributed by atoms with van der Waals surface area (Å²) in [6, 6.07) is 5.33. The van der Waals surface area contributed by atoms with Gasteiger partial charge in [-0.15, -0.1) is 5.10 Å². The first-order chi connectivity index (χ1) is 20.4. The number of aromatic nitrogens is 3. The Bertz CT molecular complexity index is 1490. The number of esters is 1. The predicted octanol–water partition coefficient (Wildman–Crippen LogP) is 5.86. The molecule has 43 heavy (non-hydrogen) atoms. The van der Waals surface area contributed by atoms with Crippen LogP contribution in [0, 0.1) is 26.2 Å². The van der Waals surface area contributed by atoms with Gasteiger partial charge in [-0.25, -0.2) is 0 Å². The average molecular weight is 699 g/mol. The van der Waals surface area contributed by atoms with Gasteiger partial charge in [0.25, 0.3) is 11.7 Å². The third-order valence-electron chi connectivity index (χ3n) is 9.89. The van der Waals surface area contributed by atoms with Crippen molar-refractivity contribution in [2.24, 2.45) is 22.7 Å². The van der Waals surface area contributed by atoms with E-state index in [1.54, 1.807) is 23.0 Å². The number of hydrogen-bond acceptors (Lipinski definition) is 7. The maximum absolute atomic E-state index is 12.6. The quantitative estimate of drug-likeness (QED) is 0.0764. The number of benzene rings is 1. The molecule has 3 aliphatic rings. The van der Waals surface area contributed by atoms with E-state index in [1.807, 2.05) is 12.1 Å². The minimum atomic E-state index is -0.561. The fourth-order valence-electron chi connectivity index (χ4n) is 7.72. The van der Waals surface area contributed by atoms with E-state index in [0.717, 1.165) is 22.7 Å². The molecule has 2 fully saturated rings. The van der Waals surface area contributed by atoms with E-state index < -0.39 is 17.7 Å². The Balaban J connectivity index is 1.13. The maximum atomic E-state index is 12.6. The Morgan fingerprint density at radius 3 is 2.77 bits per heavy atom. The molecular formula is C33H39IN4O5. The predicted molar refractivity (Wildman–Crippen MR) is 170 cm³/mol. The zero-order chi connectivity index (χ0) is 30.9. The number of ether oxygens (including phenoxy) is 1. The molecule has 1 amide bonds. The third-order valence-corrected chi connectivity index (χ3v) is 10.6. The normalized spacial score (nSPS) is 25.0. The summed E-state index contributed by atoms with van der Waals surface area (Å²) >= 11 is 2.11. The lowest BCUT2D eigenvalue weighted by Crippen LogP contribution is -2.49. The summed E-state index contributed by atoms with van der Waals surface area (Å²) in [4.78, 5) is 50.8. The SMILES string of the molecule is C=C1CC[C@H]2C(C)(C)CCC[C@]2(C)[C@H]1C/C=C(/C=O)CC(=O)OCc1cn(CCN2C(=O)C(=O)c3cc(I)ccc32)nn1. The standard InChI is InChI=1S/C33H39IN4O5/c1-21-6-11-28-32(2,3)12-5-13-33(28,4)26(21)9-7-22(19-39)16-29(40)43-20-24-18-37(36-35-24)14-15-38-27-10-8-23(34)17-25(27)30(41)31(38)42/h7-8,10,17-19,26,28H,1,5-6,9,11-16,20H2,2-4H3/b22-7+/t26-,28-,33+/m0/s1. The van der Waals surface area contributed by atoms with Crippen LogP contribution in [-0.4, -0.2) is 45.5 Å². The molecule has 2 aromatic rings. The number of carbonyl (C=O) groups excluding carboxylic acids is 4. The Morgan fingerprint density at radius 2 is 2.00 bits per heavy atom. The van der Waals surface area contributed by atoms with E-state index in [2.05, 4.69) is 60.3 Å². The maximum Gasteiger partial charge on any atom is 0.310 e. The van der Waals surface area contributed by atoms with Crippen molar-refractivity contribution in [2.45, 2.75) is 78.9 Å². The van der Waals surface area contributed by atoms with Gasteiger partial charge >= 0.3 is 5.97 Å². The molecule has 0 N–H and O–H groups in total. The number of Topliss-reactive ketones (excluding diaryl/α,β-unsaturated/α-hetero) is 1. The number of rotatable bonds is 10. The largest absolute Gasteiger partial charge is 0.459 e. The van der Waals surface area contributed by atoms with Gasteiger partial charge in [-0.1, -0.05) is 50.6 Å². The van der Waals surface area contributed by atoms with Crippen LogP contribution in [0.2, 0.25) is 0 Å². The van der Waals surface area contributed by atoms with Crippen molar-refractivity contribution in [3.63, 3.8) is 0 Å². The molecule has 0 radical (unpaired) electrons. The zero-order valence-corrected chi connectivity index (χ0v) is 27.3. The summed E-state index contributed by atoms with van der Waals surface area (Å²) in [7, 11) is 0. The van der Waals surface area contributed by atoms with Crippen molar-refractivity contribution in [3.05, 3.63) is 63.0 Å². The number of nitrogens with zero attached hydrogens (tertiary/aromatic N) is 4. The van der Waals surface area contributed by atoms with E-state index in [1.165, 1.54) is 29.7 Å². The van der Waals surface area contributed by atoms with Gasteiger partial charge in [-0.3, -0.25) is 23.9 Å². The lowest BCUT2D eigenvalue weighted by molar-refractivity contribution is -0.144. The second-order valence-electron chi connectivity index (χ2n) is 13.0. The van der Waals surface area contributed by atoms with Gasteiger partial charge in [-0.05, 0) is 101 Å². The van der Waals surface area contributed by atoms with Crippen LogP contribution in [0.15, 0.2) is 48.2 Å². The molecule has 2 heterocycles. The number of carbonyl (C=O) groups is 4. The van der Waals surface area contributed by atoms with Crippen LogP contribution in [0.5, 0.6) is 0 Å². The van der Waals surface area contributed by atoms with Gasteiger partial charge in [0, 0.05) is 10.1 Å². The topological polar surface area (TPSA) is 111 Å². The van der Waals surface area contributed by atoms with Gasteiger partial charge in [0.15, 0.2) is 0 Å². The van der Waals surface area contributed by atoms with Crippen molar-refractivity contribution >= 4 is 52.2 Å². The number of amides is 1. The highest BCUT2D eigenvalue weighted by atomic mass is 127. The lowest BCUT2D eigenvalue weighted by Gasteiger charge is -2.58. The fourth-order valence-corrected chi connectivity index (χ4v) is 8.22. The van der Waals surface area contributed by atoms with Crippen LogP contribution in [-0.2, 0) is 32.3 Å². The second-order valence-corrected chi connectivity index (χ2v) is 14.3. The van der Waals surface area contributed by atoms with E-state index >= 15 is 0 Å². The molecule has 10 heteroatoms. The number of anilines is 1. The number of aldehydes is 1. The summed E-state index contributed by atoms with van der Waals surface area (Å²) in [6.07, 6.45) is 10.7. The van der Waals surface area contributed by atoms with Crippen molar-refractivity contribution in [3.8, 4) is 0 Å². The Morgan fingerprint density at radius 1 is 1.21 bits per heavy atom. The van der Waals surface area contributed by atoms with Crippen LogP contribution < -0.4 is 4.90 Å². The third kappa shape index (κ3) is 6.39. The molecular weight excluding hydrogens is 659 g/mol. The Hall–Kier alpha value is -3.15. The van der Waals surface area contributed by atoms with Gasteiger partial charge < -0.3 is 9.64 Å². The van der Waals surface area contributed by atoms with Gasteiger partial charge in [0.1, 0.15) is 18.6 Å². The first-order valence-corrected chi connectivity index (χ1v) is 16.0. The van der Waals surface area contributed by atoms with Crippen LogP contribution in [0.1, 0.15) is 81.8 Å². The molecule has 1 aliphatic heterocycles.